The zero-order chi connectivity index (χ0) is 11.5. The molecule has 0 heterocycles. The number of benzene rings is 1. The Morgan fingerprint density at radius 3 is 2.53 bits per heavy atom. The van der Waals surface area contributed by atoms with Crippen molar-refractivity contribution in [2.75, 3.05) is 0 Å². The molecular weight excluding hydrogens is 210 g/mol. The molecule has 0 saturated carbocycles. The van der Waals surface area contributed by atoms with Crippen LogP contribution >= 0.6 is 0 Å². The van der Waals surface area contributed by atoms with E-state index in [0.717, 1.165) is 11.1 Å². The van der Waals surface area contributed by atoms with Gasteiger partial charge in [-0.1, -0.05) is 24.3 Å². The average molecular weight is 223 g/mol. The molecule has 0 saturated heterocycles. The van der Waals surface area contributed by atoms with Gasteiger partial charge in [-0.15, -0.1) is 0 Å². The van der Waals surface area contributed by atoms with Gasteiger partial charge in [-0.05, 0) is 25.0 Å². The van der Waals surface area contributed by atoms with E-state index in [9.17, 15) is 8.42 Å². The van der Waals surface area contributed by atoms with Gasteiger partial charge >= 0.3 is 0 Å². The predicted molar refractivity (Wildman–Crippen MR) is 58.9 cm³/mol. The molecular formula is C11H13NO2S. The van der Waals surface area contributed by atoms with Crippen molar-refractivity contribution in [1.82, 2.24) is 0 Å². The fraction of sp³-hybridized carbons (Fsp3) is 0.364. The summed E-state index contributed by atoms with van der Waals surface area (Å²) in [6.45, 7) is 3.27. The lowest BCUT2D eigenvalue weighted by Gasteiger charge is -2.07. The zero-order valence-electron chi connectivity index (χ0n) is 8.77. The molecule has 3 nitrogen and oxygen atoms in total. The zero-order valence-corrected chi connectivity index (χ0v) is 9.58. The van der Waals surface area contributed by atoms with Crippen molar-refractivity contribution in [2.45, 2.75) is 24.9 Å². The van der Waals surface area contributed by atoms with E-state index in [4.69, 9.17) is 5.26 Å². The molecule has 0 aliphatic rings. The van der Waals surface area contributed by atoms with Crippen LogP contribution in [0.2, 0.25) is 0 Å². The van der Waals surface area contributed by atoms with Gasteiger partial charge in [0.2, 0.25) is 0 Å². The lowest BCUT2D eigenvalue weighted by molar-refractivity contribution is 0.591. The summed E-state index contributed by atoms with van der Waals surface area (Å²) in [5.41, 5.74) is 1.70. The van der Waals surface area contributed by atoms with Gasteiger partial charge in [-0.3, -0.25) is 0 Å². The molecule has 0 spiro atoms. The van der Waals surface area contributed by atoms with Crippen LogP contribution in [0.15, 0.2) is 24.3 Å². The largest absolute Gasteiger partial charge is 0.227 e. The van der Waals surface area contributed by atoms with Crippen LogP contribution in [-0.4, -0.2) is 13.7 Å². The number of hydrogen-bond donors (Lipinski definition) is 0. The predicted octanol–water partition coefficient (Wildman–Crippen LogP) is 1.82. The van der Waals surface area contributed by atoms with Gasteiger partial charge in [-0.2, -0.15) is 5.26 Å². The third kappa shape index (κ3) is 2.80. The third-order valence-electron chi connectivity index (χ3n) is 2.34. The van der Waals surface area contributed by atoms with E-state index in [2.05, 4.69) is 0 Å². The smallest absolute Gasteiger partial charge is 0.170 e. The molecule has 15 heavy (non-hydrogen) atoms. The molecule has 1 atom stereocenters. The van der Waals surface area contributed by atoms with Crippen LogP contribution in [0.5, 0.6) is 0 Å². The summed E-state index contributed by atoms with van der Waals surface area (Å²) in [4.78, 5) is 0. The minimum absolute atomic E-state index is 0.0611. The number of rotatable bonds is 3. The van der Waals surface area contributed by atoms with Crippen LogP contribution in [0.1, 0.15) is 18.1 Å². The monoisotopic (exact) mass is 223 g/mol. The third-order valence-corrected chi connectivity index (χ3v) is 4.23. The van der Waals surface area contributed by atoms with Crippen molar-refractivity contribution in [3.8, 4) is 6.07 Å². The molecule has 0 aromatic heterocycles. The molecule has 1 aromatic rings. The van der Waals surface area contributed by atoms with Gasteiger partial charge < -0.3 is 0 Å². The van der Waals surface area contributed by atoms with Gasteiger partial charge in [0.1, 0.15) is 5.25 Å². The lowest BCUT2D eigenvalue weighted by atomic mass is 10.1. The molecule has 1 aromatic carbocycles. The number of nitrogens with zero attached hydrogens (tertiary/aromatic N) is 1. The maximum atomic E-state index is 11.7. The van der Waals surface area contributed by atoms with Crippen molar-refractivity contribution >= 4 is 9.84 Å². The Balaban J connectivity index is 2.98. The summed E-state index contributed by atoms with van der Waals surface area (Å²) in [5, 5.41) is 7.64. The van der Waals surface area contributed by atoms with Crippen LogP contribution < -0.4 is 0 Å². The summed E-state index contributed by atoms with van der Waals surface area (Å²) in [6, 6.07) is 9.06. The first-order valence-corrected chi connectivity index (χ1v) is 6.34. The summed E-state index contributed by atoms with van der Waals surface area (Å²) in [6.07, 6.45) is 0. The molecule has 0 aliphatic carbocycles. The van der Waals surface area contributed by atoms with Crippen molar-refractivity contribution < 1.29 is 8.42 Å². The van der Waals surface area contributed by atoms with Gasteiger partial charge in [0.25, 0.3) is 0 Å². The molecule has 0 N–H and O–H groups in total. The first-order valence-electron chi connectivity index (χ1n) is 4.63. The average Bonchev–Trinajstić information content (AvgIpc) is 2.20. The number of nitriles is 1. The standard InChI is InChI=1S/C11H13NO2S/c1-9-5-3-4-6-11(9)8-15(13,14)10(2)7-12/h3-6,10H,8H2,1-2H3. The van der Waals surface area contributed by atoms with E-state index in [1.165, 1.54) is 6.92 Å². The Hall–Kier alpha value is -1.34. The van der Waals surface area contributed by atoms with Crippen LogP contribution in [-0.2, 0) is 15.6 Å². The summed E-state index contributed by atoms with van der Waals surface area (Å²) >= 11 is 0. The van der Waals surface area contributed by atoms with Gasteiger partial charge in [0, 0.05) is 0 Å². The summed E-state index contributed by atoms with van der Waals surface area (Å²) < 4.78 is 23.3. The highest BCUT2D eigenvalue weighted by Gasteiger charge is 2.21. The van der Waals surface area contributed by atoms with Crippen molar-refractivity contribution in [2.24, 2.45) is 0 Å². The van der Waals surface area contributed by atoms with Crippen molar-refractivity contribution in [3.63, 3.8) is 0 Å². The molecule has 0 radical (unpaired) electrons. The maximum Gasteiger partial charge on any atom is 0.170 e. The summed E-state index contributed by atoms with van der Waals surface area (Å²) in [7, 11) is -3.35. The van der Waals surface area contributed by atoms with E-state index in [1.807, 2.05) is 19.1 Å². The van der Waals surface area contributed by atoms with E-state index in [1.54, 1.807) is 18.2 Å². The van der Waals surface area contributed by atoms with E-state index in [0.29, 0.717) is 0 Å². The van der Waals surface area contributed by atoms with Crippen LogP contribution in [0.4, 0.5) is 0 Å². The topological polar surface area (TPSA) is 57.9 Å². The SMILES string of the molecule is Cc1ccccc1CS(=O)(=O)C(C)C#N. The Kier molecular flexibility index (Phi) is 3.48. The first kappa shape index (κ1) is 11.7. The van der Waals surface area contributed by atoms with Crippen LogP contribution in [0.25, 0.3) is 0 Å². The van der Waals surface area contributed by atoms with Crippen LogP contribution in [0, 0.1) is 18.3 Å². The number of sulfone groups is 1. The second-order valence-corrected chi connectivity index (χ2v) is 5.83. The molecule has 1 rings (SSSR count). The molecule has 0 amide bonds. The van der Waals surface area contributed by atoms with Crippen molar-refractivity contribution in [1.29, 1.82) is 5.26 Å². The van der Waals surface area contributed by atoms with Gasteiger partial charge in [-0.25, -0.2) is 8.42 Å². The lowest BCUT2D eigenvalue weighted by Crippen LogP contribution is -2.18. The molecule has 0 bridgehead atoms. The fourth-order valence-corrected chi connectivity index (χ4v) is 2.36. The fourth-order valence-electron chi connectivity index (χ4n) is 1.19. The van der Waals surface area contributed by atoms with Crippen LogP contribution in [0.3, 0.4) is 0 Å². The van der Waals surface area contributed by atoms with Gasteiger partial charge in [0.15, 0.2) is 9.84 Å². The van der Waals surface area contributed by atoms with E-state index < -0.39 is 15.1 Å². The van der Waals surface area contributed by atoms with Gasteiger partial charge in [0.05, 0.1) is 11.8 Å². The van der Waals surface area contributed by atoms with E-state index in [-0.39, 0.29) is 5.75 Å². The minimum Gasteiger partial charge on any atom is -0.227 e. The molecule has 4 heteroatoms. The Morgan fingerprint density at radius 2 is 2.00 bits per heavy atom. The second-order valence-electron chi connectivity index (χ2n) is 3.51. The molecule has 1 unspecified atom stereocenters. The van der Waals surface area contributed by atoms with Crippen molar-refractivity contribution in [3.05, 3.63) is 35.4 Å². The minimum atomic E-state index is -3.35. The highest BCUT2D eigenvalue weighted by Crippen LogP contribution is 2.14. The second kappa shape index (κ2) is 4.45. The molecule has 0 aliphatic heterocycles. The van der Waals surface area contributed by atoms with E-state index >= 15 is 0 Å². The number of hydrogen-bond acceptors (Lipinski definition) is 3. The quantitative estimate of drug-likeness (QED) is 0.785. The number of aryl methyl sites for hydroxylation is 1. The normalized spacial score (nSPS) is 13.1. The first-order chi connectivity index (χ1) is 6.97. The Bertz CT molecular complexity index is 486. The highest BCUT2D eigenvalue weighted by atomic mass is 32.2. The molecule has 80 valence electrons. The highest BCUT2D eigenvalue weighted by molar-refractivity contribution is 7.91. The molecule has 0 fully saturated rings. The summed E-state index contributed by atoms with van der Waals surface area (Å²) in [5.74, 6) is -0.0611. The maximum absolute atomic E-state index is 11.7. The Morgan fingerprint density at radius 1 is 1.40 bits per heavy atom. The Labute approximate surface area is 90.3 Å².